The third-order valence-electron chi connectivity index (χ3n) is 5.37. The lowest BCUT2D eigenvalue weighted by Gasteiger charge is -2.34. The van der Waals surface area contributed by atoms with Gasteiger partial charge in [0.2, 0.25) is 0 Å². The molecule has 30 heavy (non-hydrogen) atoms. The van der Waals surface area contributed by atoms with Gasteiger partial charge >= 0.3 is 0 Å². The van der Waals surface area contributed by atoms with Crippen molar-refractivity contribution < 1.29 is 9.59 Å². The van der Waals surface area contributed by atoms with E-state index < -0.39 is 0 Å². The van der Waals surface area contributed by atoms with Gasteiger partial charge in [-0.25, -0.2) is 4.98 Å². The highest BCUT2D eigenvalue weighted by Crippen LogP contribution is 2.27. The Balaban J connectivity index is 1.44. The highest BCUT2D eigenvalue weighted by Gasteiger charge is 2.25. The molecule has 9 heteroatoms. The Morgan fingerprint density at radius 2 is 1.77 bits per heavy atom. The van der Waals surface area contributed by atoms with Crippen molar-refractivity contribution in [2.75, 3.05) is 38.1 Å². The van der Waals surface area contributed by atoms with Crippen molar-refractivity contribution in [1.29, 1.82) is 0 Å². The summed E-state index contributed by atoms with van der Waals surface area (Å²) in [5, 5.41) is 1.89. The molecule has 5 rings (SSSR count). The summed E-state index contributed by atoms with van der Waals surface area (Å²) < 4.78 is 2.00. The number of imide groups is 1. The molecule has 152 valence electrons. The molecule has 1 aromatic carbocycles. The number of carbonyl (C=O) groups is 2. The van der Waals surface area contributed by atoms with Crippen LogP contribution in [0.4, 0.5) is 10.5 Å². The quantitative estimate of drug-likeness (QED) is 0.652. The van der Waals surface area contributed by atoms with Gasteiger partial charge in [-0.1, -0.05) is 0 Å². The smallest absolute Gasteiger partial charge is 0.290 e. The monoisotopic (exact) mass is 420 g/mol. The van der Waals surface area contributed by atoms with Gasteiger partial charge in [0.15, 0.2) is 0 Å². The maximum atomic E-state index is 11.8. The highest BCUT2D eigenvalue weighted by atomic mass is 32.2. The first kappa shape index (κ1) is 18.8. The van der Waals surface area contributed by atoms with Crippen LogP contribution in [0, 0.1) is 0 Å². The lowest BCUT2D eigenvalue weighted by Crippen LogP contribution is -2.44. The first-order valence-corrected chi connectivity index (χ1v) is 10.5. The fraction of sp³-hybridized carbons (Fsp3) is 0.238. The molecule has 0 radical (unpaired) electrons. The molecule has 0 unspecified atom stereocenters. The van der Waals surface area contributed by atoms with Crippen LogP contribution < -0.4 is 10.2 Å². The second-order valence-corrected chi connectivity index (χ2v) is 8.39. The van der Waals surface area contributed by atoms with Gasteiger partial charge in [0.25, 0.3) is 11.1 Å². The van der Waals surface area contributed by atoms with E-state index in [1.807, 2.05) is 10.6 Å². The predicted molar refractivity (Wildman–Crippen MR) is 118 cm³/mol. The number of hydrogen-bond donors (Lipinski definition) is 1. The summed E-state index contributed by atoms with van der Waals surface area (Å²) in [5.41, 5.74) is 4.48. The molecule has 8 nitrogen and oxygen atoms in total. The van der Waals surface area contributed by atoms with Crippen LogP contribution in [0.15, 0.2) is 47.8 Å². The van der Waals surface area contributed by atoms with E-state index >= 15 is 0 Å². The van der Waals surface area contributed by atoms with E-state index in [-0.39, 0.29) is 11.1 Å². The molecule has 0 bridgehead atoms. The Kier molecular flexibility index (Phi) is 4.76. The maximum absolute atomic E-state index is 11.8. The van der Waals surface area contributed by atoms with Crippen LogP contribution >= 0.6 is 11.8 Å². The van der Waals surface area contributed by atoms with E-state index in [2.05, 4.69) is 56.4 Å². The molecule has 0 atom stereocenters. The number of imidazole rings is 1. The summed E-state index contributed by atoms with van der Waals surface area (Å²) >= 11 is 0.883. The molecule has 2 aliphatic heterocycles. The van der Waals surface area contributed by atoms with Crippen molar-refractivity contribution in [2.45, 2.75) is 0 Å². The standard InChI is InChI=1S/C21H20N6O2S/c1-25-6-8-26(9-7-25)15-2-4-16(5-3-15)27-13-23-17-12-22-14(10-18(17)27)11-19-20(28)24-21(29)30-19/h2-5,10-13H,6-9H2,1H3,(H,24,28,29). The van der Waals surface area contributed by atoms with Gasteiger partial charge in [0.05, 0.1) is 22.3 Å². The number of fused-ring (bicyclic) bond motifs is 1. The van der Waals surface area contributed by atoms with E-state index in [0.717, 1.165) is 54.7 Å². The summed E-state index contributed by atoms with van der Waals surface area (Å²) in [6.07, 6.45) is 5.07. The molecule has 2 saturated heterocycles. The Labute approximate surface area is 177 Å². The van der Waals surface area contributed by atoms with Gasteiger partial charge in [-0.15, -0.1) is 0 Å². The fourth-order valence-corrected chi connectivity index (χ4v) is 4.32. The molecule has 2 aliphatic rings. The number of nitrogens with zero attached hydrogens (tertiary/aromatic N) is 5. The van der Waals surface area contributed by atoms with Crippen molar-refractivity contribution in [3.63, 3.8) is 0 Å². The zero-order valence-electron chi connectivity index (χ0n) is 16.4. The van der Waals surface area contributed by atoms with Gasteiger partial charge in [-0.05, 0) is 55.2 Å². The molecule has 0 aliphatic carbocycles. The first-order chi connectivity index (χ1) is 14.6. The Morgan fingerprint density at radius 3 is 2.47 bits per heavy atom. The molecule has 2 fully saturated rings. The molecule has 2 amide bonds. The van der Waals surface area contributed by atoms with Crippen LogP contribution in [0.2, 0.25) is 0 Å². The number of rotatable bonds is 3. The number of hydrogen-bond acceptors (Lipinski definition) is 7. The second kappa shape index (κ2) is 7.58. The number of benzene rings is 1. The van der Waals surface area contributed by atoms with Gasteiger partial charge in [-0.2, -0.15) is 0 Å². The third-order valence-corrected chi connectivity index (χ3v) is 6.18. The molecular weight excluding hydrogens is 400 g/mol. The minimum absolute atomic E-state index is 0.342. The molecule has 1 N–H and O–H groups in total. The summed E-state index contributed by atoms with van der Waals surface area (Å²) in [6.45, 7) is 4.20. The number of piperazine rings is 1. The van der Waals surface area contributed by atoms with Crippen molar-refractivity contribution in [2.24, 2.45) is 0 Å². The number of nitrogens with one attached hydrogen (secondary N) is 1. The second-order valence-electron chi connectivity index (χ2n) is 7.37. The van der Waals surface area contributed by atoms with Crippen LogP contribution in [-0.4, -0.2) is 63.8 Å². The zero-order chi connectivity index (χ0) is 20.7. The summed E-state index contributed by atoms with van der Waals surface area (Å²) in [7, 11) is 2.15. The van der Waals surface area contributed by atoms with Gasteiger partial charge in [0, 0.05) is 37.6 Å². The Bertz CT molecular complexity index is 1160. The fourth-order valence-electron chi connectivity index (χ4n) is 3.66. The van der Waals surface area contributed by atoms with Gasteiger partial charge < -0.3 is 9.80 Å². The topological polar surface area (TPSA) is 83.4 Å². The summed E-state index contributed by atoms with van der Waals surface area (Å²) in [5.74, 6) is -0.389. The van der Waals surface area contributed by atoms with Gasteiger partial charge in [-0.3, -0.25) is 24.5 Å². The average Bonchev–Trinajstić information content (AvgIpc) is 3.31. The summed E-state index contributed by atoms with van der Waals surface area (Å²) in [4.78, 5) is 37.0. The molecule has 0 spiro atoms. The SMILES string of the molecule is CN1CCN(c2ccc(-n3cnc4cnc(C=C5SC(=O)NC5=O)cc43)cc2)CC1. The predicted octanol–water partition coefficient (Wildman–Crippen LogP) is 2.50. The van der Waals surface area contributed by atoms with Crippen molar-refractivity contribution in [1.82, 2.24) is 24.8 Å². The van der Waals surface area contributed by atoms with E-state index in [4.69, 9.17) is 0 Å². The van der Waals surface area contributed by atoms with Crippen LogP contribution in [-0.2, 0) is 4.79 Å². The molecule has 2 aromatic heterocycles. The van der Waals surface area contributed by atoms with E-state index in [9.17, 15) is 9.59 Å². The van der Waals surface area contributed by atoms with Crippen molar-refractivity contribution >= 4 is 45.7 Å². The number of amides is 2. The van der Waals surface area contributed by atoms with E-state index in [0.29, 0.717) is 10.6 Å². The maximum Gasteiger partial charge on any atom is 0.290 e. The van der Waals surface area contributed by atoms with Crippen LogP contribution in [0.3, 0.4) is 0 Å². The van der Waals surface area contributed by atoms with Crippen molar-refractivity contribution in [3.8, 4) is 5.69 Å². The van der Waals surface area contributed by atoms with Gasteiger partial charge in [0.1, 0.15) is 11.8 Å². The number of anilines is 1. The zero-order valence-corrected chi connectivity index (χ0v) is 17.2. The van der Waals surface area contributed by atoms with Crippen molar-refractivity contribution in [3.05, 3.63) is 53.5 Å². The van der Waals surface area contributed by atoms with E-state index in [1.165, 1.54) is 5.69 Å². The molecular formula is C21H20N6O2S. The summed E-state index contributed by atoms with van der Waals surface area (Å²) in [6, 6.07) is 10.3. The number of likely N-dealkylation sites (N-methyl/N-ethyl adjacent to an activating group) is 1. The molecule has 0 saturated carbocycles. The van der Waals surface area contributed by atoms with Crippen LogP contribution in [0.1, 0.15) is 5.69 Å². The van der Waals surface area contributed by atoms with Crippen LogP contribution in [0.5, 0.6) is 0 Å². The average molecular weight is 420 g/mol. The number of carbonyl (C=O) groups excluding carboxylic acids is 2. The van der Waals surface area contributed by atoms with Crippen LogP contribution in [0.25, 0.3) is 22.8 Å². The lowest BCUT2D eigenvalue weighted by molar-refractivity contribution is -0.115. The molecule has 3 aromatic rings. The highest BCUT2D eigenvalue weighted by molar-refractivity contribution is 8.18. The normalized spacial score (nSPS) is 19.1. The Morgan fingerprint density at radius 1 is 1.03 bits per heavy atom. The third kappa shape index (κ3) is 3.57. The lowest BCUT2D eigenvalue weighted by atomic mass is 10.2. The van der Waals surface area contributed by atoms with E-state index in [1.54, 1.807) is 18.6 Å². The minimum Gasteiger partial charge on any atom is -0.369 e. The Hall–Kier alpha value is -3.17. The first-order valence-electron chi connectivity index (χ1n) is 9.69. The molecule has 4 heterocycles. The number of thioether (sulfide) groups is 1. The minimum atomic E-state index is -0.389. The number of pyridine rings is 1. The number of aromatic nitrogens is 3. The largest absolute Gasteiger partial charge is 0.369 e.